The number of piperidine rings is 1. The monoisotopic (exact) mass is 598 g/mol. The van der Waals surface area contributed by atoms with Gasteiger partial charge in [-0.1, -0.05) is 25.4 Å². The average molecular weight is 599 g/mol. The van der Waals surface area contributed by atoms with Crippen LogP contribution in [-0.2, 0) is 16.4 Å². The molecule has 13 heteroatoms. The number of carbonyl (C=O) groups is 1. The molecule has 41 heavy (non-hydrogen) atoms. The zero-order valence-corrected chi connectivity index (χ0v) is 24.1. The molecule has 0 aromatic carbocycles. The summed E-state index contributed by atoms with van der Waals surface area (Å²) in [7, 11) is -3.51. The highest BCUT2D eigenvalue weighted by Gasteiger charge is 2.31. The molecule has 0 spiro atoms. The Bertz CT molecular complexity index is 1740. The Labute approximate surface area is 241 Å². The van der Waals surface area contributed by atoms with E-state index in [1.54, 1.807) is 24.4 Å². The Kier molecular flexibility index (Phi) is 7.91. The Morgan fingerprint density at radius 3 is 2.56 bits per heavy atom. The van der Waals surface area contributed by atoms with Gasteiger partial charge in [0, 0.05) is 49.4 Å². The number of amides is 1. The lowest BCUT2D eigenvalue weighted by Gasteiger charge is -2.39. The van der Waals surface area contributed by atoms with Gasteiger partial charge in [-0.05, 0) is 36.1 Å². The van der Waals surface area contributed by atoms with Crippen LogP contribution in [0.15, 0.2) is 53.8 Å². The second-order valence-electron chi connectivity index (χ2n) is 10.4. The van der Waals surface area contributed by atoms with Crippen molar-refractivity contribution in [1.82, 2.24) is 25.3 Å². The third-order valence-electron chi connectivity index (χ3n) is 7.11. The van der Waals surface area contributed by atoms with E-state index in [1.165, 1.54) is 24.5 Å². The number of nitrogens with zero attached hydrogens (tertiary/aromatic N) is 5. The number of hydrogen-bond donors (Lipinski definition) is 2. The van der Waals surface area contributed by atoms with Crippen molar-refractivity contribution < 1.29 is 22.7 Å². The van der Waals surface area contributed by atoms with Gasteiger partial charge in [-0.2, -0.15) is 0 Å². The number of aromatic nitrogens is 4. The molecule has 0 bridgehead atoms. The number of fused-ring (bicyclic) bond motifs is 1. The van der Waals surface area contributed by atoms with E-state index in [-0.39, 0.29) is 39.6 Å². The van der Waals surface area contributed by atoms with Gasteiger partial charge in [-0.25, -0.2) is 22.8 Å². The number of anilines is 1. The highest BCUT2D eigenvalue weighted by atomic mass is 35.5. The third-order valence-corrected chi connectivity index (χ3v) is 8.55. The Hall–Kier alpha value is -3.74. The maximum atomic E-state index is 15.0. The number of hydrogen-bond acceptors (Lipinski definition) is 9. The first-order valence-electron chi connectivity index (χ1n) is 12.9. The molecular weight excluding hydrogens is 571 g/mol. The molecule has 1 amide bonds. The fourth-order valence-electron chi connectivity index (χ4n) is 4.86. The second kappa shape index (κ2) is 11.3. The molecule has 0 aliphatic carbocycles. The lowest BCUT2D eigenvalue weighted by molar-refractivity contribution is 0.0527. The van der Waals surface area contributed by atoms with Crippen LogP contribution >= 0.6 is 11.6 Å². The van der Waals surface area contributed by atoms with Crippen LogP contribution in [0.2, 0.25) is 5.02 Å². The highest BCUT2D eigenvalue weighted by molar-refractivity contribution is 7.90. The number of sulfone groups is 1. The van der Waals surface area contributed by atoms with Gasteiger partial charge in [0.05, 0.1) is 40.0 Å². The first-order chi connectivity index (χ1) is 19.4. The summed E-state index contributed by atoms with van der Waals surface area (Å²) in [4.78, 5) is 32.0. The topological polar surface area (TPSA) is 138 Å². The van der Waals surface area contributed by atoms with Crippen molar-refractivity contribution in [2.24, 2.45) is 11.8 Å². The zero-order valence-electron chi connectivity index (χ0n) is 22.5. The normalized spacial score (nSPS) is 19.4. The lowest BCUT2D eigenvalue weighted by Crippen LogP contribution is -2.47. The van der Waals surface area contributed by atoms with Crippen LogP contribution < -0.4 is 10.2 Å². The number of pyridine rings is 4. The van der Waals surface area contributed by atoms with Crippen molar-refractivity contribution in [1.29, 1.82) is 0 Å². The molecule has 2 N–H and O–H groups in total. The molecule has 1 aliphatic rings. The van der Waals surface area contributed by atoms with E-state index in [4.69, 9.17) is 11.6 Å². The maximum absolute atomic E-state index is 15.0. The Morgan fingerprint density at radius 2 is 1.85 bits per heavy atom. The van der Waals surface area contributed by atoms with Gasteiger partial charge >= 0.3 is 0 Å². The molecule has 4 aromatic heterocycles. The lowest BCUT2D eigenvalue weighted by atomic mass is 9.88. The van der Waals surface area contributed by atoms with Crippen molar-refractivity contribution in [2.45, 2.75) is 31.4 Å². The van der Waals surface area contributed by atoms with Crippen molar-refractivity contribution in [3.63, 3.8) is 0 Å². The van der Waals surface area contributed by atoms with Crippen LogP contribution in [0.25, 0.3) is 22.3 Å². The summed E-state index contributed by atoms with van der Waals surface area (Å²) in [6, 6.07) is 7.72. The molecule has 3 atom stereocenters. The molecule has 1 aliphatic heterocycles. The summed E-state index contributed by atoms with van der Waals surface area (Å²) in [5.74, 6) is -0.723. The molecule has 1 unspecified atom stereocenters. The second-order valence-corrected chi connectivity index (χ2v) is 12.8. The summed E-state index contributed by atoms with van der Waals surface area (Å²) in [5, 5.41) is 13.6. The number of halogens is 2. The van der Waals surface area contributed by atoms with E-state index in [0.717, 1.165) is 6.26 Å². The highest BCUT2D eigenvalue weighted by Crippen LogP contribution is 2.33. The summed E-state index contributed by atoms with van der Waals surface area (Å²) in [5.41, 5.74) is 1.70. The minimum Gasteiger partial charge on any atom is -0.392 e. The van der Waals surface area contributed by atoms with E-state index in [1.807, 2.05) is 18.7 Å². The van der Waals surface area contributed by atoms with Gasteiger partial charge in [-0.15, -0.1) is 0 Å². The van der Waals surface area contributed by atoms with Gasteiger partial charge in [0.25, 0.3) is 5.91 Å². The molecule has 5 rings (SSSR count). The number of carbonyl (C=O) groups excluding carboxylic acids is 1. The van der Waals surface area contributed by atoms with Gasteiger partial charge in [0.15, 0.2) is 9.84 Å². The summed E-state index contributed by atoms with van der Waals surface area (Å²) in [6.07, 6.45) is 4.67. The van der Waals surface area contributed by atoms with Crippen LogP contribution in [0.5, 0.6) is 0 Å². The predicted molar refractivity (Wildman–Crippen MR) is 153 cm³/mol. The van der Waals surface area contributed by atoms with Gasteiger partial charge in [0.2, 0.25) is 0 Å². The first-order valence-corrected chi connectivity index (χ1v) is 15.2. The third kappa shape index (κ3) is 6.14. The fraction of sp³-hybridized carbons (Fsp3) is 0.321. The van der Waals surface area contributed by atoms with E-state index in [9.17, 15) is 22.7 Å². The van der Waals surface area contributed by atoms with E-state index < -0.39 is 27.7 Å². The Morgan fingerprint density at radius 1 is 1.12 bits per heavy atom. The molecule has 1 fully saturated rings. The van der Waals surface area contributed by atoms with Gasteiger partial charge in [-0.3, -0.25) is 14.8 Å². The summed E-state index contributed by atoms with van der Waals surface area (Å²) >= 11 is 6.35. The number of aliphatic hydroxyl groups is 1. The fourth-order valence-corrected chi connectivity index (χ4v) is 5.64. The molecule has 10 nitrogen and oxygen atoms in total. The van der Waals surface area contributed by atoms with Crippen LogP contribution in [0, 0.1) is 17.7 Å². The number of nitrogens with one attached hydrogen (secondary N) is 1. The molecule has 1 saturated heterocycles. The summed E-state index contributed by atoms with van der Waals surface area (Å²) < 4.78 is 38.5. The zero-order chi connectivity index (χ0) is 29.5. The largest absolute Gasteiger partial charge is 0.392 e. The molecule has 214 valence electrons. The summed E-state index contributed by atoms with van der Waals surface area (Å²) in [6.45, 7) is 5.00. The molecular formula is C28H28ClFN6O4S. The van der Waals surface area contributed by atoms with Gasteiger partial charge in [0.1, 0.15) is 22.4 Å². The predicted octanol–water partition coefficient (Wildman–Crippen LogP) is 3.67. The van der Waals surface area contributed by atoms with E-state index in [2.05, 4.69) is 25.3 Å². The van der Waals surface area contributed by atoms with Crippen LogP contribution in [0.1, 0.15) is 29.9 Å². The number of rotatable bonds is 6. The van der Waals surface area contributed by atoms with E-state index >= 15 is 0 Å². The van der Waals surface area contributed by atoms with Crippen molar-refractivity contribution in [3.8, 4) is 11.4 Å². The van der Waals surface area contributed by atoms with Gasteiger partial charge < -0.3 is 15.3 Å². The van der Waals surface area contributed by atoms with Crippen molar-refractivity contribution >= 4 is 44.1 Å². The minimum atomic E-state index is -3.51. The smallest absolute Gasteiger partial charge is 0.253 e. The Balaban J connectivity index is 1.39. The minimum absolute atomic E-state index is 0.00664. The van der Waals surface area contributed by atoms with Crippen molar-refractivity contribution in [2.75, 3.05) is 24.2 Å². The number of aliphatic hydroxyl groups excluding tert-OH is 1. The maximum Gasteiger partial charge on any atom is 0.253 e. The van der Waals surface area contributed by atoms with E-state index in [0.29, 0.717) is 41.2 Å². The van der Waals surface area contributed by atoms with Crippen LogP contribution in [0.4, 0.5) is 10.2 Å². The quantitative estimate of drug-likeness (QED) is 0.340. The molecule has 5 heterocycles. The molecule has 0 saturated carbocycles. The van der Waals surface area contributed by atoms with Crippen LogP contribution in [0.3, 0.4) is 0 Å². The molecule has 0 radical (unpaired) electrons. The molecule has 4 aromatic rings. The standard InChI is InChI=1S/C28H28ClFN6O4S/c1-15-13-36(14-16(2)27(15)37)24-8-21(30)25(29)26(35-24)22-5-4-17-10-32-19(7-23(17)34-22)11-33-28(38)18-6-20(12-31-9-18)41(3,39)40/h4-10,12,15-16,27,37H,11,13-14H2,1-3H3,(H,33,38)/t15-,16+,27?. The SMILES string of the molecule is C[C@@H]1CN(c2cc(F)c(Cl)c(-c3ccc4cnc(CNC(=O)c5cncc(S(C)(=O)=O)c5)cc4n3)n2)C[C@H](C)C1O. The van der Waals surface area contributed by atoms with Crippen molar-refractivity contribution in [3.05, 3.63) is 71.0 Å². The first kappa shape index (κ1) is 28.8. The van der Waals surface area contributed by atoms with Crippen LogP contribution in [-0.4, -0.2) is 64.8 Å². The average Bonchev–Trinajstić information content (AvgIpc) is 2.94.